The Labute approximate surface area is 149 Å². The number of nitrogens with one attached hydrogen (secondary N) is 1. The van der Waals surface area contributed by atoms with Crippen molar-refractivity contribution < 1.29 is 14.3 Å². The molecule has 1 N–H and O–H groups in total. The number of amides is 3. The minimum absolute atomic E-state index is 0.0588. The van der Waals surface area contributed by atoms with Crippen molar-refractivity contribution in [1.82, 2.24) is 15.1 Å². The zero-order valence-electron chi connectivity index (χ0n) is 15.1. The van der Waals surface area contributed by atoms with E-state index in [4.69, 9.17) is 4.74 Å². The van der Waals surface area contributed by atoms with E-state index in [9.17, 15) is 9.59 Å². The number of benzene rings is 1. The summed E-state index contributed by atoms with van der Waals surface area (Å²) in [6.07, 6.45) is 1.61. The first kappa shape index (κ1) is 17.7. The first-order valence-corrected chi connectivity index (χ1v) is 8.95. The molecule has 3 amide bonds. The Bertz CT molecular complexity index is 645. The number of nitrogens with zero attached hydrogens (tertiary/aromatic N) is 2. The fourth-order valence-corrected chi connectivity index (χ4v) is 3.41. The Hall–Kier alpha value is -2.08. The second kappa shape index (κ2) is 7.44. The van der Waals surface area contributed by atoms with Gasteiger partial charge in [0.1, 0.15) is 0 Å². The lowest BCUT2D eigenvalue weighted by Crippen LogP contribution is -2.53. The molecule has 0 spiro atoms. The maximum atomic E-state index is 12.4. The summed E-state index contributed by atoms with van der Waals surface area (Å²) >= 11 is 0. The number of carbonyl (C=O) groups excluding carboxylic acids is 2. The molecule has 136 valence electrons. The normalized spacial score (nSPS) is 20.0. The van der Waals surface area contributed by atoms with Gasteiger partial charge in [0.2, 0.25) is 5.91 Å². The van der Waals surface area contributed by atoms with Crippen LogP contribution in [0.1, 0.15) is 37.8 Å². The molecule has 3 rings (SSSR count). The molecule has 2 heterocycles. The number of hydrogen-bond donors (Lipinski definition) is 1. The molecule has 6 nitrogen and oxygen atoms in total. The minimum Gasteiger partial charge on any atom is -0.372 e. The van der Waals surface area contributed by atoms with Crippen LogP contribution in [0.5, 0.6) is 0 Å². The number of likely N-dealkylation sites (tertiary alicyclic amines) is 1. The Morgan fingerprint density at radius 3 is 2.80 bits per heavy atom. The van der Waals surface area contributed by atoms with Crippen molar-refractivity contribution in [2.75, 3.05) is 26.2 Å². The van der Waals surface area contributed by atoms with Crippen molar-refractivity contribution in [3.05, 3.63) is 35.4 Å². The molecule has 0 bridgehead atoms. The zero-order valence-corrected chi connectivity index (χ0v) is 15.1. The van der Waals surface area contributed by atoms with E-state index in [1.807, 2.05) is 36.9 Å². The van der Waals surface area contributed by atoms with Crippen molar-refractivity contribution in [3.63, 3.8) is 0 Å². The van der Waals surface area contributed by atoms with Gasteiger partial charge in [0, 0.05) is 32.6 Å². The maximum Gasteiger partial charge on any atom is 0.317 e. The summed E-state index contributed by atoms with van der Waals surface area (Å²) in [5, 5.41) is 2.99. The third kappa shape index (κ3) is 4.72. The number of urea groups is 1. The van der Waals surface area contributed by atoms with Crippen molar-refractivity contribution in [2.45, 2.75) is 45.4 Å². The minimum atomic E-state index is -0.294. The number of rotatable bonds is 4. The van der Waals surface area contributed by atoms with Crippen LogP contribution in [-0.2, 0) is 22.6 Å². The van der Waals surface area contributed by atoms with E-state index in [-0.39, 0.29) is 17.5 Å². The molecule has 2 saturated heterocycles. The van der Waals surface area contributed by atoms with Crippen LogP contribution in [0.15, 0.2) is 24.3 Å². The molecule has 0 atom stereocenters. The summed E-state index contributed by atoms with van der Waals surface area (Å²) in [6, 6.07) is 8.02. The fourth-order valence-electron chi connectivity index (χ4n) is 3.41. The fraction of sp³-hybridized carbons (Fsp3) is 0.579. The summed E-state index contributed by atoms with van der Waals surface area (Å²) in [7, 11) is 0. The van der Waals surface area contributed by atoms with Crippen LogP contribution < -0.4 is 5.32 Å². The zero-order chi connectivity index (χ0) is 17.9. The van der Waals surface area contributed by atoms with Gasteiger partial charge in [-0.3, -0.25) is 4.79 Å². The van der Waals surface area contributed by atoms with E-state index >= 15 is 0 Å². The van der Waals surface area contributed by atoms with Crippen LogP contribution in [-0.4, -0.2) is 53.6 Å². The van der Waals surface area contributed by atoms with Crippen LogP contribution in [0.2, 0.25) is 0 Å². The first-order chi connectivity index (χ1) is 11.9. The largest absolute Gasteiger partial charge is 0.372 e. The highest BCUT2D eigenvalue weighted by Crippen LogP contribution is 2.17. The lowest BCUT2D eigenvalue weighted by atomic mass is 10.1. The summed E-state index contributed by atoms with van der Waals surface area (Å²) in [6.45, 7) is 7.75. The summed E-state index contributed by atoms with van der Waals surface area (Å²) in [5.41, 5.74) is 1.86. The Morgan fingerprint density at radius 1 is 1.28 bits per heavy atom. The molecule has 6 heteroatoms. The third-order valence-electron chi connectivity index (χ3n) is 4.69. The lowest BCUT2D eigenvalue weighted by molar-refractivity contribution is -0.128. The lowest BCUT2D eigenvalue weighted by Gasteiger charge is -2.38. The van der Waals surface area contributed by atoms with E-state index in [2.05, 4.69) is 11.4 Å². The van der Waals surface area contributed by atoms with E-state index in [1.165, 1.54) is 0 Å². The number of hydrogen-bond acceptors (Lipinski definition) is 3. The molecular formula is C19H27N3O3. The van der Waals surface area contributed by atoms with Gasteiger partial charge in [0.05, 0.1) is 18.8 Å². The molecule has 1 aromatic carbocycles. The quantitative estimate of drug-likeness (QED) is 0.909. The predicted molar refractivity (Wildman–Crippen MR) is 94.9 cm³/mol. The Balaban J connectivity index is 1.53. The van der Waals surface area contributed by atoms with Crippen LogP contribution in [0, 0.1) is 0 Å². The molecule has 2 aliphatic rings. The molecule has 0 aliphatic carbocycles. The second-order valence-electron chi connectivity index (χ2n) is 7.43. The van der Waals surface area contributed by atoms with Crippen LogP contribution in [0.25, 0.3) is 0 Å². The van der Waals surface area contributed by atoms with E-state index in [0.29, 0.717) is 39.2 Å². The van der Waals surface area contributed by atoms with Gasteiger partial charge in [-0.25, -0.2) is 4.79 Å². The molecule has 25 heavy (non-hydrogen) atoms. The van der Waals surface area contributed by atoms with Crippen molar-refractivity contribution in [2.24, 2.45) is 0 Å². The van der Waals surface area contributed by atoms with Gasteiger partial charge in [-0.05, 0) is 31.4 Å². The van der Waals surface area contributed by atoms with Gasteiger partial charge < -0.3 is 19.9 Å². The predicted octanol–water partition coefficient (Wildman–Crippen LogP) is 2.13. The Morgan fingerprint density at radius 2 is 2.08 bits per heavy atom. The standard InChI is InChI=1S/C19H27N3O3/c1-19(2)14-22(9-10-25-19)18(24)20-12-15-5-3-6-16(11-15)13-21-8-4-7-17(21)23/h3,5-6,11H,4,7-10,12-14H2,1-2H3,(H,20,24). The van der Waals surface area contributed by atoms with Gasteiger partial charge in [-0.1, -0.05) is 24.3 Å². The monoisotopic (exact) mass is 345 g/mol. The summed E-state index contributed by atoms with van der Waals surface area (Å²) in [4.78, 5) is 27.8. The van der Waals surface area contributed by atoms with Gasteiger partial charge in [-0.2, -0.15) is 0 Å². The number of carbonyl (C=O) groups is 2. The topological polar surface area (TPSA) is 61.9 Å². The van der Waals surface area contributed by atoms with Gasteiger partial charge in [0.25, 0.3) is 0 Å². The summed E-state index contributed by atoms with van der Waals surface area (Å²) in [5.74, 6) is 0.230. The van der Waals surface area contributed by atoms with Gasteiger partial charge >= 0.3 is 6.03 Å². The molecule has 2 aliphatic heterocycles. The van der Waals surface area contributed by atoms with Crippen molar-refractivity contribution >= 4 is 11.9 Å². The second-order valence-corrected chi connectivity index (χ2v) is 7.43. The van der Waals surface area contributed by atoms with Crippen molar-refractivity contribution in [1.29, 1.82) is 0 Å². The molecule has 1 aromatic rings. The van der Waals surface area contributed by atoms with Crippen LogP contribution >= 0.6 is 0 Å². The average Bonchev–Trinajstić information content (AvgIpc) is 2.97. The van der Waals surface area contributed by atoms with Gasteiger partial charge in [-0.15, -0.1) is 0 Å². The molecule has 2 fully saturated rings. The van der Waals surface area contributed by atoms with E-state index in [1.54, 1.807) is 4.90 Å². The molecule has 0 unspecified atom stereocenters. The number of morpholine rings is 1. The SMILES string of the molecule is CC1(C)CN(C(=O)NCc2cccc(CN3CCCC3=O)c2)CCO1. The van der Waals surface area contributed by atoms with Crippen LogP contribution in [0.4, 0.5) is 4.79 Å². The first-order valence-electron chi connectivity index (χ1n) is 8.95. The maximum absolute atomic E-state index is 12.4. The molecule has 0 saturated carbocycles. The highest BCUT2D eigenvalue weighted by Gasteiger charge is 2.29. The average molecular weight is 345 g/mol. The smallest absolute Gasteiger partial charge is 0.317 e. The highest BCUT2D eigenvalue weighted by molar-refractivity contribution is 5.78. The number of ether oxygens (including phenoxy) is 1. The van der Waals surface area contributed by atoms with Crippen LogP contribution in [0.3, 0.4) is 0 Å². The molecule has 0 aromatic heterocycles. The van der Waals surface area contributed by atoms with Crippen molar-refractivity contribution in [3.8, 4) is 0 Å². The molecular weight excluding hydrogens is 318 g/mol. The van der Waals surface area contributed by atoms with E-state index in [0.717, 1.165) is 24.1 Å². The molecule has 0 radical (unpaired) electrons. The highest BCUT2D eigenvalue weighted by atomic mass is 16.5. The summed E-state index contributed by atoms with van der Waals surface area (Å²) < 4.78 is 5.64. The third-order valence-corrected chi connectivity index (χ3v) is 4.69. The van der Waals surface area contributed by atoms with Gasteiger partial charge in [0.15, 0.2) is 0 Å². The van der Waals surface area contributed by atoms with E-state index < -0.39 is 0 Å². The Kier molecular flexibility index (Phi) is 5.27.